The number of carboxylic acids is 4. The minimum atomic E-state index is -1.61. The van der Waals surface area contributed by atoms with E-state index in [0.717, 1.165) is 0 Å². The molecule has 0 bridgehead atoms. The first-order valence-corrected chi connectivity index (χ1v) is 15.6. The summed E-state index contributed by atoms with van der Waals surface area (Å²) < 4.78 is 0. The summed E-state index contributed by atoms with van der Waals surface area (Å²) in [5.74, 6) is -8.22. The Morgan fingerprint density at radius 3 is 1.87 bits per heavy atom. The molecule has 22 nitrogen and oxygen atoms in total. The second-order valence-corrected chi connectivity index (χ2v) is 11.5. The second-order valence-electron chi connectivity index (χ2n) is 11.5. The van der Waals surface area contributed by atoms with Crippen molar-refractivity contribution in [3.63, 3.8) is 0 Å². The molecule has 280 valence electrons. The van der Waals surface area contributed by atoms with Crippen LogP contribution in [0.25, 0.3) is 0 Å². The Hall–Kier alpha value is -6.74. The average molecular weight is 732 g/mol. The van der Waals surface area contributed by atoms with Crippen LogP contribution < -0.4 is 42.8 Å². The van der Waals surface area contributed by atoms with Crippen LogP contribution in [0.3, 0.4) is 0 Å². The molecule has 0 saturated heterocycles. The number of carbonyl (C=O) groups is 8. The second kappa shape index (κ2) is 18.3. The predicted octanol–water partition coefficient (Wildman–Crippen LogP) is -2.03. The Kier molecular flexibility index (Phi) is 14.0. The highest BCUT2D eigenvalue weighted by Gasteiger charge is 2.27. The summed E-state index contributed by atoms with van der Waals surface area (Å²) in [5, 5.41) is 49.4. The zero-order chi connectivity index (χ0) is 38.5. The Bertz CT molecular complexity index is 1750. The lowest BCUT2D eigenvalue weighted by atomic mass is 10.1. The Balaban J connectivity index is 1.51. The van der Waals surface area contributed by atoms with Crippen LogP contribution in [-0.4, -0.2) is 116 Å². The number of nitrogens with zero attached hydrogens (tertiary/aromatic N) is 2. The van der Waals surface area contributed by atoms with Crippen molar-refractivity contribution in [3.05, 3.63) is 40.2 Å². The van der Waals surface area contributed by atoms with Gasteiger partial charge in [0.05, 0.1) is 6.04 Å². The summed E-state index contributed by atoms with van der Waals surface area (Å²) in [4.78, 5) is 115. The van der Waals surface area contributed by atoms with Gasteiger partial charge in [-0.15, -0.1) is 0 Å². The SMILES string of the molecule is Nc1nc2c(c(=O)[nH]1)N[C@@H](CN(C=O)c1ccc(C(=O)N[C@@H](CCC(=O)N[C@@H](CCC(=O)N[C@@H](CCC(=O)O)C(=O)O)C(=O)O)C(=O)O)cc1)CN2. The topological polar surface area (TPSA) is 353 Å². The fourth-order valence-electron chi connectivity index (χ4n) is 4.95. The van der Waals surface area contributed by atoms with Crippen molar-refractivity contribution in [2.45, 2.75) is 62.7 Å². The van der Waals surface area contributed by atoms with Crippen LogP contribution in [0, 0.1) is 0 Å². The fraction of sp³-hybridized carbons (Fsp3) is 0.400. The Morgan fingerprint density at radius 2 is 1.37 bits per heavy atom. The molecule has 1 aliphatic rings. The maximum atomic E-state index is 12.8. The van der Waals surface area contributed by atoms with Gasteiger partial charge < -0.3 is 57.6 Å². The van der Waals surface area contributed by atoms with Gasteiger partial charge in [0.1, 0.15) is 23.8 Å². The standard InChI is InChI=1S/C30H37N9O13/c31-30-37-24-23(26(46)38-30)33-15(11-32-24)12-39(13-40)16-3-1-14(2-4-16)25(45)36-19(29(51)52)6-9-21(42)34-17(27(47)48)5-8-20(41)35-18(28(49)50)7-10-22(43)44/h1-4,13,15,17-19,33H,5-12H2,(H,34,42)(H,35,41)(H,36,45)(H,43,44)(H,47,48)(H,49,50)(H,51,52)(H4,31,32,37,38,46)/t15-,17+,18+,19+/m1/s1. The van der Waals surface area contributed by atoms with Crippen LogP contribution in [0.15, 0.2) is 29.1 Å². The lowest BCUT2D eigenvalue weighted by Gasteiger charge is -2.30. The number of benzene rings is 1. The van der Waals surface area contributed by atoms with E-state index in [2.05, 4.69) is 36.6 Å². The highest BCUT2D eigenvalue weighted by Crippen LogP contribution is 2.22. The first-order valence-electron chi connectivity index (χ1n) is 15.6. The number of fused-ring (bicyclic) bond motifs is 1. The summed E-state index contributed by atoms with van der Waals surface area (Å²) in [7, 11) is 0. The van der Waals surface area contributed by atoms with E-state index in [1.807, 2.05) is 0 Å². The van der Waals surface area contributed by atoms with E-state index in [0.29, 0.717) is 18.6 Å². The van der Waals surface area contributed by atoms with Crippen molar-refractivity contribution in [2.24, 2.45) is 0 Å². The zero-order valence-corrected chi connectivity index (χ0v) is 27.3. The van der Waals surface area contributed by atoms with Gasteiger partial charge in [0.2, 0.25) is 24.2 Å². The third-order valence-electron chi connectivity index (χ3n) is 7.64. The number of aromatic nitrogens is 2. The molecule has 1 aromatic carbocycles. The van der Waals surface area contributed by atoms with E-state index in [9.17, 15) is 53.4 Å². The van der Waals surface area contributed by atoms with Crippen LogP contribution in [-0.2, 0) is 33.6 Å². The molecule has 52 heavy (non-hydrogen) atoms. The molecule has 0 radical (unpaired) electrons. The van der Waals surface area contributed by atoms with Crippen molar-refractivity contribution >= 4 is 71.1 Å². The van der Waals surface area contributed by atoms with Gasteiger partial charge in [0.15, 0.2) is 5.82 Å². The van der Waals surface area contributed by atoms with Crippen molar-refractivity contribution in [3.8, 4) is 0 Å². The monoisotopic (exact) mass is 731 g/mol. The number of H-pyrrole nitrogens is 1. The number of carbonyl (C=O) groups excluding carboxylic acids is 4. The summed E-state index contributed by atoms with van der Waals surface area (Å²) in [6, 6.07) is 0.434. The highest BCUT2D eigenvalue weighted by atomic mass is 16.4. The molecule has 1 aromatic heterocycles. The molecule has 4 atom stereocenters. The van der Waals surface area contributed by atoms with Gasteiger partial charge in [-0.1, -0.05) is 0 Å². The number of aromatic amines is 1. The van der Waals surface area contributed by atoms with Crippen molar-refractivity contribution < 1.29 is 58.8 Å². The molecular formula is C30H37N9O13. The van der Waals surface area contributed by atoms with Gasteiger partial charge >= 0.3 is 23.9 Å². The van der Waals surface area contributed by atoms with Crippen molar-refractivity contribution in [1.29, 1.82) is 0 Å². The van der Waals surface area contributed by atoms with Crippen LogP contribution in [0.2, 0.25) is 0 Å². The van der Waals surface area contributed by atoms with Crippen LogP contribution >= 0.6 is 0 Å². The number of rotatable bonds is 20. The zero-order valence-electron chi connectivity index (χ0n) is 27.3. The largest absolute Gasteiger partial charge is 0.481 e. The lowest BCUT2D eigenvalue weighted by molar-refractivity contribution is -0.144. The molecule has 0 unspecified atom stereocenters. The van der Waals surface area contributed by atoms with E-state index in [4.69, 9.17) is 15.9 Å². The normalized spacial score (nSPS) is 14.8. The van der Waals surface area contributed by atoms with Gasteiger partial charge in [-0.25, -0.2) is 14.4 Å². The number of amides is 4. The molecule has 0 fully saturated rings. The smallest absolute Gasteiger partial charge is 0.326 e. The number of aliphatic carboxylic acids is 4. The fourth-order valence-corrected chi connectivity index (χ4v) is 4.95. The third-order valence-corrected chi connectivity index (χ3v) is 7.64. The first-order chi connectivity index (χ1) is 24.6. The molecule has 22 heteroatoms. The number of carboxylic acid groups (broad SMARTS) is 4. The molecule has 1 aliphatic heterocycles. The van der Waals surface area contributed by atoms with Gasteiger partial charge in [0, 0.05) is 43.6 Å². The molecular weight excluding hydrogens is 694 g/mol. The molecule has 4 amide bonds. The molecule has 3 rings (SSSR count). The van der Waals surface area contributed by atoms with Crippen LogP contribution in [0.4, 0.5) is 23.1 Å². The molecule has 0 spiro atoms. The third kappa shape index (κ3) is 11.7. The summed E-state index contributed by atoms with van der Waals surface area (Å²) >= 11 is 0. The minimum Gasteiger partial charge on any atom is -0.481 e. The molecule has 2 heterocycles. The summed E-state index contributed by atoms with van der Waals surface area (Å²) in [5.41, 5.74) is 5.60. The van der Waals surface area contributed by atoms with Crippen LogP contribution in [0.5, 0.6) is 0 Å². The van der Waals surface area contributed by atoms with E-state index in [1.54, 1.807) is 0 Å². The van der Waals surface area contributed by atoms with Gasteiger partial charge in [-0.05, 0) is 43.5 Å². The quantitative estimate of drug-likeness (QED) is 0.0654. The summed E-state index contributed by atoms with van der Waals surface area (Å²) in [6.07, 6.45) is -2.39. The Labute approximate surface area is 293 Å². The molecule has 2 aromatic rings. The number of hydrogen-bond donors (Lipinski definition) is 11. The van der Waals surface area contributed by atoms with E-state index >= 15 is 0 Å². The maximum absolute atomic E-state index is 12.8. The molecule has 0 aliphatic carbocycles. The van der Waals surface area contributed by atoms with E-state index in [1.165, 1.54) is 29.2 Å². The van der Waals surface area contributed by atoms with E-state index < -0.39 is 110 Å². The van der Waals surface area contributed by atoms with Gasteiger partial charge in [-0.3, -0.25) is 33.8 Å². The maximum Gasteiger partial charge on any atom is 0.326 e. The lowest BCUT2D eigenvalue weighted by Crippen LogP contribution is -2.45. The van der Waals surface area contributed by atoms with E-state index in [-0.39, 0.29) is 29.6 Å². The number of nitrogen functional groups attached to an aromatic ring is 1. The summed E-state index contributed by atoms with van der Waals surface area (Å²) in [6.45, 7) is 0.396. The number of hydrogen-bond acceptors (Lipinski definition) is 13. The number of nitrogens with one attached hydrogen (secondary N) is 6. The molecule has 0 saturated carbocycles. The first kappa shape index (κ1) is 39.7. The number of anilines is 4. The predicted molar refractivity (Wildman–Crippen MR) is 178 cm³/mol. The van der Waals surface area contributed by atoms with Crippen LogP contribution in [0.1, 0.15) is 48.9 Å². The minimum absolute atomic E-state index is 0.0178. The average Bonchev–Trinajstić information content (AvgIpc) is 3.08. The highest BCUT2D eigenvalue weighted by molar-refractivity contribution is 5.97. The Morgan fingerprint density at radius 1 is 0.846 bits per heavy atom. The van der Waals surface area contributed by atoms with Crippen molar-refractivity contribution in [2.75, 3.05) is 34.4 Å². The van der Waals surface area contributed by atoms with Gasteiger partial charge in [-0.2, -0.15) is 4.98 Å². The molecule has 12 N–H and O–H groups in total. The number of nitrogens with two attached hydrogens (primary N) is 1. The van der Waals surface area contributed by atoms with Crippen molar-refractivity contribution in [1.82, 2.24) is 25.9 Å². The van der Waals surface area contributed by atoms with Gasteiger partial charge in [0.25, 0.3) is 11.5 Å².